The summed E-state index contributed by atoms with van der Waals surface area (Å²) >= 11 is 8.13. The minimum Gasteiger partial charge on any atom is -0.376 e. The van der Waals surface area contributed by atoms with Gasteiger partial charge in [-0.15, -0.1) is 0 Å². The predicted molar refractivity (Wildman–Crippen MR) is 143 cm³/mol. The molecule has 0 radical (unpaired) electrons. The number of aromatic nitrogens is 4. The van der Waals surface area contributed by atoms with Gasteiger partial charge in [-0.25, -0.2) is 19.9 Å². The average Bonchev–Trinajstić information content (AvgIpc) is 3.19. The van der Waals surface area contributed by atoms with Crippen LogP contribution in [-0.2, 0) is 4.74 Å². The van der Waals surface area contributed by atoms with E-state index in [1.807, 2.05) is 35.4 Å². The number of fused-ring (bicyclic) bond motifs is 1. The Kier molecular flexibility index (Phi) is 6.28. The van der Waals surface area contributed by atoms with Crippen molar-refractivity contribution in [3.63, 3.8) is 0 Å². The van der Waals surface area contributed by atoms with Crippen LogP contribution in [0.15, 0.2) is 57.9 Å². The van der Waals surface area contributed by atoms with Gasteiger partial charge in [0.2, 0.25) is 0 Å². The van der Waals surface area contributed by atoms with Crippen LogP contribution in [0.4, 0.5) is 11.5 Å². The summed E-state index contributed by atoms with van der Waals surface area (Å²) < 4.78 is 5.85. The van der Waals surface area contributed by atoms with Gasteiger partial charge in [-0.05, 0) is 49.7 Å². The molecular weight excluding hydrogens is 496 g/mol. The zero-order chi connectivity index (χ0) is 24.7. The minimum absolute atomic E-state index is 0.0749. The van der Waals surface area contributed by atoms with Crippen molar-refractivity contribution in [1.82, 2.24) is 19.9 Å². The Morgan fingerprint density at radius 2 is 2.03 bits per heavy atom. The molecule has 1 aromatic carbocycles. The van der Waals surface area contributed by atoms with Gasteiger partial charge in [-0.1, -0.05) is 17.7 Å². The first-order valence-electron chi connectivity index (χ1n) is 12.0. The Morgan fingerprint density at radius 1 is 1.17 bits per heavy atom. The van der Waals surface area contributed by atoms with Crippen LogP contribution in [0, 0.1) is 5.41 Å². The topological polar surface area (TPSA) is 106 Å². The lowest BCUT2D eigenvalue weighted by molar-refractivity contribution is 0.0974. The Morgan fingerprint density at radius 3 is 2.78 bits per heavy atom. The summed E-state index contributed by atoms with van der Waals surface area (Å²) in [6.45, 7) is 5.11. The molecule has 3 aromatic rings. The van der Waals surface area contributed by atoms with Gasteiger partial charge in [-0.2, -0.15) is 0 Å². The summed E-state index contributed by atoms with van der Waals surface area (Å²) in [5.41, 5.74) is 8.66. The van der Waals surface area contributed by atoms with Gasteiger partial charge in [0.15, 0.2) is 10.8 Å². The number of nitrogens with two attached hydrogens (primary N) is 1. The summed E-state index contributed by atoms with van der Waals surface area (Å²) in [5, 5.41) is 1.21. The number of rotatable bonds is 4. The summed E-state index contributed by atoms with van der Waals surface area (Å²) in [6.07, 6.45) is 11.3. The summed E-state index contributed by atoms with van der Waals surface area (Å²) in [6, 6.07) is 5.99. The summed E-state index contributed by atoms with van der Waals surface area (Å²) in [5.74, 6) is 0.842. The molecule has 0 saturated carbocycles. The Labute approximate surface area is 218 Å². The highest BCUT2D eigenvalue weighted by atomic mass is 35.5. The SMILES string of the molecule is C[C@@H]1OCC2(CCN(c3cnc4nc(Sc5cccc(N6C=CC=NC6)c5Cl)ncc4n3)CC2)[C@@H]1N. The zero-order valence-corrected chi connectivity index (χ0v) is 21.5. The fourth-order valence-electron chi connectivity index (χ4n) is 5.09. The van der Waals surface area contributed by atoms with E-state index in [9.17, 15) is 0 Å². The molecule has 5 heterocycles. The molecule has 186 valence electrons. The maximum Gasteiger partial charge on any atom is 0.194 e. The molecule has 0 unspecified atom stereocenters. The van der Waals surface area contributed by atoms with Gasteiger partial charge in [0, 0.05) is 41.9 Å². The minimum atomic E-state index is 0.0749. The summed E-state index contributed by atoms with van der Waals surface area (Å²) in [4.78, 5) is 28.0. The molecule has 6 rings (SSSR count). The number of aliphatic imine (C=N–C) groups is 1. The van der Waals surface area contributed by atoms with Crippen LogP contribution in [0.3, 0.4) is 0 Å². The molecule has 2 N–H and O–H groups in total. The smallest absolute Gasteiger partial charge is 0.194 e. The highest BCUT2D eigenvalue weighted by molar-refractivity contribution is 7.99. The maximum atomic E-state index is 6.73. The van der Waals surface area contributed by atoms with E-state index in [2.05, 4.69) is 31.8 Å². The molecule has 0 amide bonds. The van der Waals surface area contributed by atoms with E-state index < -0.39 is 0 Å². The van der Waals surface area contributed by atoms with Crippen molar-refractivity contribution in [2.24, 2.45) is 16.1 Å². The quantitative estimate of drug-likeness (QED) is 0.510. The molecule has 2 atom stereocenters. The average molecular weight is 523 g/mol. The first-order chi connectivity index (χ1) is 17.5. The van der Waals surface area contributed by atoms with Gasteiger partial charge in [0.25, 0.3) is 0 Å². The Bertz CT molecular complexity index is 1340. The van der Waals surface area contributed by atoms with E-state index in [0.717, 1.165) is 48.9 Å². The van der Waals surface area contributed by atoms with Crippen LogP contribution in [-0.4, -0.2) is 64.7 Å². The fraction of sp³-hybridized carbons (Fsp3) is 0.400. The van der Waals surface area contributed by atoms with Crippen molar-refractivity contribution in [1.29, 1.82) is 0 Å². The van der Waals surface area contributed by atoms with Crippen molar-refractivity contribution in [2.75, 3.05) is 36.2 Å². The molecule has 2 saturated heterocycles. The van der Waals surface area contributed by atoms with E-state index in [4.69, 9.17) is 27.1 Å². The largest absolute Gasteiger partial charge is 0.376 e. The number of hydrogen-bond donors (Lipinski definition) is 1. The lowest BCUT2D eigenvalue weighted by Gasteiger charge is -2.41. The second kappa shape index (κ2) is 9.59. The maximum absolute atomic E-state index is 6.73. The van der Waals surface area contributed by atoms with Gasteiger partial charge < -0.3 is 20.3 Å². The van der Waals surface area contributed by atoms with E-state index in [0.29, 0.717) is 28.0 Å². The lowest BCUT2D eigenvalue weighted by atomic mass is 9.73. The number of benzene rings is 1. The Hall–Kier alpha value is -2.79. The molecule has 2 aromatic heterocycles. The van der Waals surface area contributed by atoms with Crippen LogP contribution in [0.2, 0.25) is 5.02 Å². The van der Waals surface area contributed by atoms with Crippen molar-refractivity contribution in [3.8, 4) is 0 Å². The predicted octanol–water partition coefficient (Wildman–Crippen LogP) is 3.92. The third kappa shape index (κ3) is 4.32. The third-order valence-corrected chi connectivity index (χ3v) is 8.79. The van der Waals surface area contributed by atoms with Gasteiger partial charge in [0.1, 0.15) is 18.0 Å². The standard InChI is InChI=1S/C25H27ClN8OS/c1-16-22(27)25(14-35-16)6-10-33(11-7-25)20-13-29-23-17(31-20)12-30-24(32-23)36-19-5-2-4-18(21(19)26)34-9-3-8-28-15-34/h2-5,8-9,12-13,16,22H,6-7,10-11,14-15,27H2,1H3/t16-,22+/m0/s1. The molecule has 3 aliphatic rings. The molecule has 0 aliphatic carbocycles. The highest BCUT2D eigenvalue weighted by Crippen LogP contribution is 2.42. The van der Waals surface area contributed by atoms with Crippen molar-refractivity contribution in [2.45, 2.75) is 42.0 Å². The third-order valence-electron chi connectivity index (χ3n) is 7.34. The number of allylic oxidation sites excluding steroid dienone is 1. The van der Waals surface area contributed by atoms with Crippen LogP contribution < -0.4 is 15.5 Å². The number of halogens is 1. The van der Waals surface area contributed by atoms with E-state index in [1.165, 1.54) is 11.8 Å². The van der Waals surface area contributed by atoms with Crippen LogP contribution in [0.1, 0.15) is 19.8 Å². The number of ether oxygens (including phenoxy) is 1. The fourth-order valence-corrected chi connectivity index (χ4v) is 6.22. The molecule has 11 heteroatoms. The van der Waals surface area contributed by atoms with Crippen molar-refractivity contribution in [3.05, 3.63) is 47.9 Å². The Balaban J connectivity index is 1.17. The zero-order valence-electron chi connectivity index (χ0n) is 19.9. The molecular formula is C25H27ClN8OS. The van der Waals surface area contributed by atoms with E-state index in [1.54, 1.807) is 18.6 Å². The first-order valence-corrected chi connectivity index (χ1v) is 13.2. The molecule has 36 heavy (non-hydrogen) atoms. The van der Waals surface area contributed by atoms with Crippen LogP contribution >= 0.6 is 23.4 Å². The summed E-state index contributed by atoms with van der Waals surface area (Å²) in [7, 11) is 0. The molecule has 3 aliphatic heterocycles. The van der Waals surface area contributed by atoms with Gasteiger partial charge >= 0.3 is 0 Å². The normalized spacial score (nSPS) is 23.2. The number of anilines is 2. The van der Waals surface area contributed by atoms with Gasteiger partial charge in [0.05, 0.1) is 35.8 Å². The molecule has 0 bridgehead atoms. The number of hydrogen-bond acceptors (Lipinski definition) is 10. The molecule has 1 spiro atoms. The second-order valence-corrected chi connectivity index (χ2v) is 10.8. The first kappa shape index (κ1) is 23.6. The van der Waals surface area contributed by atoms with Gasteiger partial charge in [-0.3, -0.25) is 4.99 Å². The van der Waals surface area contributed by atoms with E-state index >= 15 is 0 Å². The molecule has 9 nitrogen and oxygen atoms in total. The van der Waals surface area contributed by atoms with Crippen molar-refractivity contribution >= 4 is 52.2 Å². The lowest BCUT2D eigenvalue weighted by Crippen LogP contribution is -2.50. The van der Waals surface area contributed by atoms with Crippen molar-refractivity contribution < 1.29 is 4.74 Å². The number of nitrogens with zero attached hydrogens (tertiary/aromatic N) is 7. The van der Waals surface area contributed by atoms with Crippen LogP contribution in [0.5, 0.6) is 0 Å². The highest BCUT2D eigenvalue weighted by Gasteiger charge is 2.47. The second-order valence-electron chi connectivity index (χ2n) is 9.46. The van der Waals surface area contributed by atoms with Crippen LogP contribution in [0.25, 0.3) is 11.2 Å². The van der Waals surface area contributed by atoms with E-state index in [-0.39, 0.29) is 17.6 Å². The molecule has 2 fully saturated rings. The monoisotopic (exact) mass is 522 g/mol. The number of piperidine rings is 1.